The van der Waals surface area contributed by atoms with E-state index >= 15 is 0 Å². The van der Waals surface area contributed by atoms with Crippen molar-refractivity contribution in [3.63, 3.8) is 0 Å². The molecule has 59 heavy (non-hydrogen) atoms. The third kappa shape index (κ3) is 5.91. The van der Waals surface area contributed by atoms with Gasteiger partial charge in [0.15, 0.2) is 0 Å². The molecular weight excluding hydrogens is 713 g/mol. The summed E-state index contributed by atoms with van der Waals surface area (Å²) in [5, 5.41) is 2.49. The molecule has 0 aromatic heterocycles. The molecule has 7 aromatic rings. The van der Waals surface area contributed by atoms with Gasteiger partial charge in [0.05, 0.1) is 0 Å². The molecule has 2 heteroatoms. The highest BCUT2D eigenvalue weighted by atomic mass is 15.1. The number of hydrogen-bond acceptors (Lipinski definition) is 2. The van der Waals surface area contributed by atoms with Gasteiger partial charge in [-0.2, -0.15) is 0 Å². The van der Waals surface area contributed by atoms with Crippen LogP contribution in [0.5, 0.6) is 0 Å². The minimum atomic E-state index is 0.0875. The minimum Gasteiger partial charge on any atom is -0.341 e. The Bertz CT molecular complexity index is 2850. The van der Waals surface area contributed by atoms with Crippen LogP contribution < -0.4 is 9.80 Å². The van der Waals surface area contributed by atoms with Gasteiger partial charge < -0.3 is 9.80 Å². The summed E-state index contributed by atoms with van der Waals surface area (Å²) in [5.41, 5.74) is 21.2. The van der Waals surface area contributed by atoms with Crippen LogP contribution in [0.4, 0.5) is 22.7 Å². The lowest BCUT2D eigenvalue weighted by molar-refractivity contribution is 0.549. The van der Waals surface area contributed by atoms with Gasteiger partial charge in [-0.3, -0.25) is 0 Å². The van der Waals surface area contributed by atoms with Crippen molar-refractivity contribution in [2.45, 2.75) is 56.8 Å². The quantitative estimate of drug-likeness (QED) is 0.149. The second-order valence-corrected chi connectivity index (χ2v) is 17.1. The Morgan fingerprint density at radius 1 is 0.492 bits per heavy atom. The summed E-state index contributed by atoms with van der Waals surface area (Å²) in [6.45, 7) is 10.7. The lowest BCUT2D eigenvalue weighted by Crippen LogP contribution is -2.25. The largest absolute Gasteiger partial charge is 0.341 e. The summed E-state index contributed by atoms with van der Waals surface area (Å²) in [6.07, 6.45) is 18.2. The van der Waals surface area contributed by atoms with Crippen LogP contribution in [0, 0.1) is 0 Å². The molecule has 2 heterocycles. The van der Waals surface area contributed by atoms with E-state index in [2.05, 4.69) is 169 Å². The van der Waals surface area contributed by atoms with Gasteiger partial charge in [-0.15, -0.1) is 0 Å². The summed E-state index contributed by atoms with van der Waals surface area (Å²) in [7, 11) is 0. The molecule has 1 fully saturated rings. The monoisotopic (exact) mass is 762 g/mol. The maximum Gasteiger partial charge on any atom is 0.0443 e. The van der Waals surface area contributed by atoms with Crippen LogP contribution in [0.25, 0.3) is 57.3 Å². The van der Waals surface area contributed by atoms with Crippen LogP contribution in [0.2, 0.25) is 0 Å². The molecule has 1 saturated carbocycles. The van der Waals surface area contributed by atoms with E-state index < -0.39 is 0 Å². The number of benzene rings is 7. The summed E-state index contributed by atoms with van der Waals surface area (Å²) in [4.78, 5) is 5.04. The zero-order chi connectivity index (χ0) is 39.5. The molecule has 0 N–H and O–H groups in total. The number of rotatable bonds is 7. The van der Waals surface area contributed by atoms with Crippen LogP contribution in [-0.2, 0) is 18.3 Å². The Kier molecular flexibility index (Phi) is 8.77. The molecule has 0 bridgehead atoms. The molecule has 0 saturated heterocycles. The molecule has 2 aliphatic carbocycles. The molecule has 0 unspecified atom stereocenters. The fraction of sp³-hybridized carbons (Fsp3) is 0.193. The van der Waals surface area contributed by atoms with E-state index in [1.807, 2.05) is 12.2 Å². The molecule has 4 aliphatic rings. The van der Waals surface area contributed by atoms with Crippen LogP contribution in [0.3, 0.4) is 0 Å². The second-order valence-electron chi connectivity index (χ2n) is 17.1. The highest BCUT2D eigenvalue weighted by Gasteiger charge is 2.45. The number of para-hydroxylation sites is 2. The van der Waals surface area contributed by atoms with E-state index in [1.54, 1.807) is 0 Å². The van der Waals surface area contributed by atoms with Crippen molar-refractivity contribution in [1.29, 1.82) is 0 Å². The maximum absolute atomic E-state index is 4.30. The van der Waals surface area contributed by atoms with Crippen molar-refractivity contribution >= 4 is 57.8 Å². The van der Waals surface area contributed by atoms with Crippen LogP contribution in [-0.4, -0.2) is 13.1 Å². The van der Waals surface area contributed by atoms with Crippen molar-refractivity contribution in [1.82, 2.24) is 0 Å². The first-order valence-electron chi connectivity index (χ1n) is 21.8. The molecule has 0 radical (unpaired) electrons. The Labute approximate surface area is 349 Å². The fourth-order valence-electron chi connectivity index (χ4n) is 11.1. The molecule has 1 spiro atoms. The van der Waals surface area contributed by atoms with Crippen molar-refractivity contribution in [3.8, 4) is 22.3 Å². The first-order chi connectivity index (χ1) is 29.1. The van der Waals surface area contributed by atoms with Gasteiger partial charge in [0.1, 0.15) is 0 Å². The lowest BCUT2D eigenvalue weighted by atomic mass is 9.76. The predicted octanol–water partition coefficient (Wildman–Crippen LogP) is 15.0. The summed E-state index contributed by atoms with van der Waals surface area (Å²) < 4.78 is 0. The van der Waals surface area contributed by atoms with Gasteiger partial charge in [-0.25, -0.2) is 0 Å². The van der Waals surface area contributed by atoms with E-state index in [-0.39, 0.29) is 5.41 Å². The molecule has 288 valence electrons. The van der Waals surface area contributed by atoms with Gasteiger partial charge >= 0.3 is 0 Å². The van der Waals surface area contributed by atoms with Crippen molar-refractivity contribution in [3.05, 3.63) is 191 Å². The van der Waals surface area contributed by atoms with E-state index in [0.29, 0.717) is 0 Å². The molecule has 2 nitrogen and oxygen atoms in total. The first-order valence-corrected chi connectivity index (χ1v) is 21.8. The van der Waals surface area contributed by atoms with Gasteiger partial charge in [0.2, 0.25) is 0 Å². The van der Waals surface area contributed by atoms with Crippen molar-refractivity contribution in [2.75, 3.05) is 22.9 Å². The first kappa shape index (κ1) is 35.8. The van der Waals surface area contributed by atoms with Gasteiger partial charge in [0.25, 0.3) is 0 Å². The maximum atomic E-state index is 4.30. The number of anilines is 4. The SMILES string of the molecule is C=Cc1c(C=Cc2ccc3c(c2)C2(CCCC2)c2cc(N4CCCc5ccccc54)ccc2-3)ccc(-c2ccc3cc(N4CCCc5ccccc54)ccc3c2)c1C=C. The Hall–Kier alpha value is -6.38. The van der Waals surface area contributed by atoms with E-state index in [0.717, 1.165) is 42.6 Å². The van der Waals surface area contributed by atoms with E-state index in [4.69, 9.17) is 0 Å². The molecular formula is C57H50N2. The van der Waals surface area contributed by atoms with E-state index in [1.165, 1.54) is 122 Å². The molecule has 7 aromatic carbocycles. The molecule has 11 rings (SSSR count). The van der Waals surface area contributed by atoms with E-state index in [9.17, 15) is 0 Å². The van der Waals surface area contributed by atoms with Crippen molar-refractivity contribution < 1.29 is 0 Å². The standard InChI is InChI=1S/C57H50N2/c1-3-48-40(25-29-50(49(48)4-2)45-23-22-44-37-46(26-24-43(44)36-45)58-33-11-15-41-13-5-7-17-55(41)58)21-19-39-20-28-51-52-30-27-47(59-34-12-16-42-14-6-8-18-56(42)59)38-54(52)57(53(51)35-39)31-9-10-32-57/h3-8,13-14,17-30,35-38H,1-2,9-12,15-16,31-34H2. The topological polar surface area (TPSA) is 6.48 Å². The Balaban J connectivity index is 0.893. The number of aryl methyl sites for hydroxylation is 2. The van der Waals surface area contributed by atoms with Crippen molar-refractivity contribution in [2.24, 2.45) is 0 Å². The average Bonchev–Trinajstić information content (AvgIpc) is 3.90. The molecule has 0 amide bonds. The number of nitrogens with zero attached hydrogens (tertiary/aromatic N) is 2. The normalized spacial score (nSPS) is 16.3. The highest BCUT2D eigenvalue weighted by Crippen LogP contribution is 2.58. The predicted molar refractivity (Wildman–Crippen MR) is 253 cm³/mol. The zero-order valence-electron chi connectivity index (χ0n) is 33.9. The minimum absolute atomic E-state index is 0.0875. The van der Waals surface area contributed by atoms with Crippen LogP contribution in [0.1, 0.15) is 83.0 Å². The highest BCUT2D eigenvalue weighted by molar-refractivity contribution is 5.94. The van der Waals surface area contributed by atoms with Gasteiger partial charge in [-0.05, 0) is 159 Å². The van der Waals surface area contributed by atoms with Crippen LogP contribution >= 0.6 is 0 Å². The average molecular weight is 763 g/mol. The number of hydrogen-bond donors (Lipinski definition) is 0. The third-order valence-electron chi connectivity index (χ3n) is 14.0. The third-order valence-corrected chi connectivity index (χ3v) is 14.0. The Morgan fingerprint density at radius 2 is 1.08 bits per heavy atom. The second kappa shape index (κ2) is 14.5. The summed E-state index contributed by atoms with van der Waals surface area (Å²) in [6, 6.07) is 50.6. The number of fused-ring (bicyclic) bond motifs is 8. The Morgan fingerprint density at radius 3 is 1.80 bits per heavy atom. The molecule has 2 aliphatic heterocycles. The van der Waals surface area contributed by atoms with Gasteiger partial charge in [0, 0.05) is 41.3 Å². The van der Waals surface area contributed by atoms with Gasteiger partial charge in [-0.1, -0.05) is 141 Å². The summed E-state index contributed by atoms with van der Waals surface area (Å²) in [5.74, 6) is 0. The smallest absolute Gasteiger partial charge is 0.0443 e. The molecule has 0 atom stereocenters. The zero-order valence-corrected chi connectivity index (χ0v) is 33.9. The lowest BCUT2D eigenvalue weighted by Gasteiger charge is -2.33. The fourth-order valence-corrected chi connectivity index (χ4v) is 11.1. The van der Waals surface area contributed by atoms with Crippen LogP contribution in [0.15, 0.2) is 147 Å². The summed E-state index contributed by atoms with van der Waals surface area (Å²) >= 11 is 0.